The van der Waals surface area contributed by atoms with Crippen molar-refractivity contribution in [3.8, 4) is 0 Å². The van der Waals surface area contributed by atoms with Crippen LogP contribution in [0.4, 0.5) is 5.82 Å². The van der Waals surface area contributed by atoms with Crippen molar-refractivity contribution >= 4 is 11.7 Å². The predicted molar refractivity (Wildman–Crippen MR) is 65.9 cm³/mol. The number of amides is 1. The molecule has 1 aliphatic carbocycles. The number of hydrogen-bond donors (Lipinski definition) is 1. The lowest BCUT2D eigenvalue weighted by Gasteiger charge is -2.19. The lowest BCUT2D eigenvalue weighted by atomic mass is 10.3. The Morgan fingerprint density at radius 1 is 1.47 bits per heavy atom. The van der Waals surface area contributed by atoms with Crippen molar-refractivity contribution in [3.05, 3.63) is 18.1 Å². The van der Waals surface area contributed by atoms with Crippen molar-refractivity contribution in [2.24, 2.45) is 0 Å². The first kappa shape index (κ1) is 11.8. The quantitative estimate of drug-likeness (QED) is 0.839. The summed E-state index contributed by atoms with van der Waals surface area (Å²) < 4.78 is 0. The summed E-state index contributed by atoms with van der Waals surface area (Å²) in [5.41, 5.74) is 0.428. The largest absolute Gasteiger partial charge is 0.369 e. The van der Waals surface area contributed by atoms with E-state index in [4.69, 9.17) is 0 Å². The third-order valence-electron chi connectivity index (χ3n) is 2.80. The van der Waals surface area contributed by atoms with Crippen LogP contribution in [0, 0.1) is 0 Å². The van der Waals surface area contributed by atoms with E-state index in [-0.39, 0.29) is 5.91 Å². The third kappa shape index (κ3) is 2.72. The summed E-state index contributed by atoms with van der Waals surface area (Å²) in [6, 6.07) is 0.414. The number of anilines is 1. The number of rotatable bonds is 5. The first-order valence-corrected chi connectivity index (χ1v) is 6.13. The second-order valence-electron chi connectivity index (χ2n) is 4.14. The minimum absolute atomic E-state index is 0.0118. The zero-order valence-electron chi connectivity index (χ0n) is 10.3. The number of nitrogens with one attached hydrogen (secondary N) is 1. The van der Waals surface area contributed by atoms with Crippen LogP contribution < -0.4 is 5.32 Å². The van der Waals surface area contributed by atoms with E-state index in [9.17, 15) is 4.79 Å². The van der Waals surface area contributed by atoms with Gasteiger partial charge in [-0.2, -0.15) is 0 Å². The van der Waals surface area contributed by atoms with Gasteiger partial charge in [-0.1, -0.05) is 0 Å². The summed E-state index contributed by atoms with van der Waals surface area (Å²) >= 11 is 0. The van der Waals surface area contributed by atoms with Gasteiger partial charge in [0.1, 0.15) is 11.5 Å². The summed E-state index contributed by atoms with van der Waals surface area (Å²) in [6.07, 6.45) is 5.39. The zero-order valence-corrected chi connectivity index (χ0v) is 10.3. The molecule has 92 valence electrons. The molecule has 1 saturated carbocycles. The SMILES string of the molecule is CCNc1cncc(C(=O)N(CC)C2CC2)n1. The number of carbonyl (C=O) groups excluding carboxylic acids is 1. The van der Waals surface area contributed by atoms with Gasteiger partial charge < -0.3 is 10.2 Å². The van der Waals surface area contributed by atoms with Gasteiger partial charge in [-0.05, 0) is 26.7 Å². The predicted octanol–water partition coefficient (Wildman–Crippen LogP) is 1.53. The van der Waals surface area contributed by atoms with Gasteiger partial charge in [0.2, 0.25) is 0 Å². The molecule has 0 bridgehead atoms. The molecule has 1 aromatic heterocycles. The molecular weight excluding hydrogens is 216 g/mol. The van der Waals surface area contributed by atoms with Crippen LogP contribution in [0.2, 0.25) is 0 Å². The zero-order chi connectivity index (χ0) is 12.3. The molecule has 5 nitrogen and oxygen atoms in total. The highest BCUT2D eigenvalue weighted by Gasteiger charge is 2.32. The minimum atomic E-state index is -0.0118. The standard InChI is InChI=1S/C12H18N4O/c1-3-14-11-8-13-7-10(15-11)12(17)16(4-2)9-5-6-9/h7-9H,3-6H2,1-2H3,(H,14,15). The van der Waals surface area contributed by atoms with Crippen LogP contribution in [-0.4, -0.2) is 39.9 Å². The van der Waals surface area contributed by atoms with E-state index in [1.54, 1.807) is 6.20 Å². The molecule has 1 aromatic rings. The first-order valence-electron chi connectivity index (χ1n) is 6.13. The van der Waals surface area contributed by atoms with Crippen molar-refractivity contribution in [3.63, 3.8) is 0 Å². The van der Waals surface area contributed by atoms with Gasteiger partial charge in [0, 0.05) is 19.1 Å². The monoisotopic (exact) mass is 234 g/mol. The fourth-order valence-corrected chi connectivity index (χ4v) is 1.84. The normalized spacial score (nSPS) is 14.5. The molecule has 1 fully saturated rings. The molecule has 1 heterocycles. The molecule has 5 heteroatoms. The van der Waals surface area contributed by atoms with E-state index >= 15 is 0 Å². The lowest BCUT2D eigenvalue weighted by Crippen LogP contribution is -2.33. The third-order valence-corrected chi connectivity index (χ3v) is 2.80. The van der Waals surface area contributed by atoms with Crippen LogP contribution in [0.3, 0.4) is 0 Å². The Morgan fingerprint density at radius 3 is 2.82 bits per heavy atom. The molecular formula is C12H18N4O. The molecule has 1 N–H and O–H groups in total. The first-order chi connectivity index (χ1) is 8.26. The van der Waals surface area contributed by atoms with Gasteiger partial charge in [0.15, 0.2) is 0 Å². The number of nitrogens with zero attached hydrogens (tertiary/aromatic N) is 3. The van der Waals surface area contributed by atoms with E-state index < -0.39 is 0 Å². The van der Waals surface area contributed by atoms with Crippen LogP contribution in [-0.2, 0) is 0 Å². The maximum atomic E-state index is 12.2. The Hall–Kier alpha value is -1.65. The van der Waals surface area contributed by atoms with E-state index in [0.717, 1.165) is 25.9 Å². The summed E-state index contributed by atoms with van der Waals surface area (Å²) in [5.74, 6) is 0.646. The second-order valence-corrected chi connectivity index (χ2v) is 4.14. The average Bonchev–Trinajstić information content (AvgIpc) is 3.15. The maximum absolute atomic E-state index is 12.2. The lowest BCUT2D eigenvalue weighted by molar-refractivity contribution is 0.0746. The van der Waals surface area contributed by atoms with E-state index in [0.29, 0.717) is 17.6 Å². The Balaban J connectivity index is 2.14. The molecule has 17 heavy (non-hydrogen) atoms. The molecule has 0 saturated heterocycles. The van der Waals surface area contributed by atoms with Crippen molar-refractivity contribution in [2.75, 3.05) is 18.4 Å². The summed E-state index contributed by atoms with van der Waals surface area (Å²) in [4.78, 5) is 22.4. The van der Waals surface area contributed by atoms with Crippen LogP contribution in [0.5, 0.6) is 0 Å². The average molecular weight is 234 g/mol. The van der Waals surface area contributed by atoms with E-state index in [2.05, 4.69) is 15.3 Å². The van der Waals surface area contributed by atoms with Crippen LogP contribution >= 0.6 is 0 Å². The molecule has 0 aliphatic heterocycles. The molecule has 0 aromatic carbocycles. The molecule has 0 unspecified atom stereocenters. The molecule has 1 aliphatic rings. The van der Waals surface area contributed by atoms with E-state index in [1.807, 2.05) is 18.7 Å². The molecule has 0 radical (unpaired) electrons. The molecule has 0 atom stereocenters. The fourth-order valence-electron chi connectivity index (χ4n) is 1.84. The van der Waals surface area contributed by atoms with Gasteiger partial charge in [-0.25, -0.2) is 4.98 Å². The topological polar surface area (TPSA) is 58.1 Å². The fraction of sp³-hybridized carbons (Fsp3) is 0.583. The Labute approximate surface area is 101 Å². The molecule has 0 spiro atoms. The minimum Gasteiger partial charge on any atom is -0.369 e. The van der Waals surface area contributed by atoms with Crippen LogP contribution in [0.15, 0.2) is 12.4 Å². The Kier molecular flexibility index (Phi) is 3.56. The Bertz CT molecular complexity index is 403. The number of carbonyl (C=O) groups is 1. The highest BCUT2D eigenvalue weighted by molar-refractivity contribution is 5.92. The van der Waals surface area contributed by atoms with Crippen molar-refractivity contribution < 1.29 is 4.79 Å². The van der Waals surface area contributed by atoms with Crippen molar-refractivity contribution in [1.82, 2.24) is 14.9 Å². The number of aromatic nitrogens is 2. The van der Waals surface area contributed by atoms with Crippen molar-refractivity contribution in [1.29, 1.82) is 0 Å². The maximum Gasteiger partial charge on any atom is 0.274 e. The number of hydrogen-bond acceptors (Lipinski definition) is 4. The van der Waals surface area contributed by atoms with Gasteiger partial charge in [-0.15, -0.1) is 0 Å². The molecule has 2 rings (SSSR count). The van der Waals surface area contributed by atoms with Crippen molar-refractivity contribution in [2.45, 2.75) is 32.7 Å². The van der Waals surface area contributed by atoms with Gasteiger partial charge in [0.05, 0.1) is 12.4 Å². The molecule has 1 amide bonds. The summed E-state index contributed by atoms with van der Waals surface area (Å²) in [6.45, 7) is 5.49. The van der Waals surface area contributed by atoms with Gasteiger partial charge in [0.25, 0.3) is 5.91 Å². The second kappa shape index (κ2) is 5.12. The summed E-state index contributed by atoms with van der Waals surface area (Å²) in [7, 11) is 0. The van der Waals surface area contributed by atoms with E-state index in [1.165, 1.54) is 6.20 Å². The van der Waals surface area contributed by atoms with Crippen LogP contribution in [0.1, 0.15) is 37.2 Å². The smallest absolute Gasteiger partial charge is 0.274 e. The highest BCUT2D eigenvalue weighted by atomic mass is 16.2. The van der Waals surface area contributed by atoms with Crippen LogP contribution in [0.25, 0.3) is 0 Å². The van der Waals surface area contributed by atoms with Gasteiger partial charge in [-0.3, -0.25) is 9.78 Å². The Morgan fingerprint density at radius 2 is 2.24 bits per heavy atom. The van der Waals surface area contributed by atoms with Gasteiger partial charge >= 0.3 is 0 Å². The highest BCUT2D eigenvalue weighted by Crippen LogP contribution is 2.27. The summed E-state index contributed by atoms with van der Waals surface area (Å²) in [5, 5.41) is 3.06.